The van der Waals surface area contributed by atoms with Crippen molar-refractivity contribution in [1.82, 2.24) is 19.1 Å². The number of primary amides is 1. The number of hydrogen-bond donors (Lipinski definition) is 3. The number of benzene rings is 4. The number of aliphatic hydroxyl groups excluding tert-OH is 1. The highest BCUT2D eigenvalue weighted by atomic mass is 16.3. The van der Waals surface area contributed by atoms with Crippen molar-refractivity contribution in [3.63, 3.8) is 0 Å². The first-order chi connectivity index (χ1) is 22.7. The number of phenolic OH excluding ortho intramolecular Hbond substituents is 1. The Kier molecular flexibility index (Phi) is 11.0. The van der Waals surface area contributed by atoms with Gasteiger partial charge >= 0.3 is 0 Å². The minimum atomic E-state index is -0.398. The number of aryl methyl sites for hydroxylation is 1. The summed E-state index contributed by atoms with van der Waals surface area (Å²) in [5.74, 6) is -0.171. The Bertz CT molecular complexity index is 1890. The lowest BCUT2D eigenvalue weighted by Crippen LogP contribution is -2.18. The summed E-state index contributed by atoms with van der Waals surface area (Å²) in [6.07, 6.45) is 4.58. The SMILES string of the molecule is Cc1cccc(Cn2cnc(-c3ccccc3)c2CC(C)O)c1.NC(=O)Cc1c(Cc2ccccc2)ncn1Cc1cccc(O)c1. The fourth-order valence-corrected chi connectivity index (χ4v) is 5.62. The van der Waals surface area contributed by atoms with Crippen LogP contribution in [0.3, 0.4) is 0 Å². The van der Waals surface area contributed by atoms with Gasteiger partial charge in [0.15, 0.2) is 0 Å². The summed E-state index contributed by atoms with van der Waals surface area (Å²) in [6.45, 7) is 5.21. The molecule has 4 N–H and O–H groups in total. The molecular weight excluding hydrogens is 586 g/mol. The fraction of sp³-hybridized carbons (Fsp3) is 0.205. The number of aliphatic hydroxyl groups is 1. The highest BCUT2D eigenvalue weighted by molar-refractivity contribution is 5.76. The Morgan fingerprint density at radius 2 is 1.36 bits per heavy atom. The van der Waals surface area contributed by atoms with Gasteiger partial charge in [0.25, 0.3) is 0 Å². The molecule has 2 aromatic heterocycles. The number of amides is 1. The molecular formula is C39H41N5O3. The molecule has 0 aliphatic carbocycles. The average molecular weight is 628 g/mol. The van der Waals surface area contributed by atoms with Gasteiger partial charge in [-0.25, -0.2) is 9.97 Å². The van der Waals surface area contributed by atoms with Gasteiger partial charge in [-0.3, -0.25) is 4.79 Å². The molecule has 8 heteroatoms. The van der Waals surface area contributed by atoms with Crippen molar-refractivity contribution in [3.05, 3.63) is 161 Å². The molecule has 1 atom stereocenters. The van der Waals surface area contributed by atoms with Crippen LogP contribution in [0.2, 0.25) is 0 Å². The van der Waals surface area contributed by atoms with Gasteiger partial charge in [0.2, 0.25) is 5.91 Å². The van der Waals surface area contributed by atoms with Gasteiger partial charge in [0.05, 0.1) is 42.3 Å². The second-order valence-electron chi connectivity index (χ2n) is 11.8. The first-order valence-electron chi connectivity index (χ1n) is 15.7. The minimum absolute atomic E-state index is 0.140. The summed E-state index contributed by atoms with van der Waals surface area (Å²) in [7, 11) is 0. The molecule has 240 valence electrons. The molecule has 47 heavy (non-hydrogen) atoms. The van der Waals surface area contributed by atoms with Gasteiger partial charge in [-0.05, 0) is 42.7 Å². The number of nitrogens with zero attached hydrogens (tertiary/aromatic N) is 4. The maximum atomic E-state index is 11.5. The number of nitrogens with two attached hydrogens (primary N) is 1. The van der Waals surface area contributed by atoms with Crippen LogP contribution in [0.1, 0.15) is 46.3 Å². The van der Waals surface area contributed by atoms with E-state index in [1.165, 1.54) is 11.1 Å². The molecule has 0 aliphatic heterocycles. The number of imidazole rings is 2. The second-order valence-corrected chi connectivity index (χ2v) is 11.8. The van der Waals surface area contributed by atoms with Crippen LogP contribution < -0.4 is 5.73 Å². The van der Waals surface area contributed by atoms with Crippen LogP contribution in [0.4, 0.5) is 0 Å². The van der Waals surface area contributed by atoms with Crippen LogP contribution in [0.5, 0.6) is 5.75 Å². The average Bonchev–Trinajstić information content (AvgIpc) is 3.60. The monoisotopic (exact) mass is 627 g/mol. The highest BCUT2D eigenvalue weighted by Crippen LogP contribution is 2.24. The first kappa shape index (κ1) is 32.9. The zero-order valence-electron chi connectivity index (χ0n) is 26.8. The molecule has 2 heterocycles. The van der Waals surface area contributed by atoms with E-state index >= 15 is 0 Å². The van der Waals surface area contributed by atoms with Crippen molar-refractivity contribution in [3.8, 4) is 17.0 Å². The van der Waals surface area contributed by atoms with Gasteiger partial charge in [-0.15, -0.1) is 0 Å². The summed E-state index contributed by atoms with van der Waals surface area (Å²) in [6, 6.07) is 35.7. The van der Waals surface area contributed by atoms with E-state index in [2.05, 4.69) is 57.9 Å². The zero-order chi connectivity index (χ0) is 33.2. The Labute approximate surface area is 275 Å². The normalized spacial score (nSPS) is 11.5. The molecule has 8 nitrogen and oxygen atoms in total. The third kappa shape index (κ3) is 9.28. The van der Waals surface area contributed by atoms with E-state index in [9.17, 15) is 15.0 Å². The molecule has 6 rings (SSSR count). The van der Waals surface area contributed by atoms with E-state index in [1.54, 1.807) is 24.5 Å². The predicted molar refractivity (Wildman–Crippen MR) is 185 cm³/mol. The van der Waals surface area contributed by atoms with Crippen molar-refractivity contribution in [1.29, 1.82) is 0 Å². The summed E-state index contributed by atoms with van der Waals surface area (Å²) in [5, 5.41) is 19.5. The Balaban J connectivity index is 0.000000185. The molecule has 0 bridgehead atoms. The van der Waals surface area contributed by atoms with Crippen molar-refractivity contribution >= 4 is 5.91 Å². The van der Waals surface area contributed by atoms with Crippen molar-refractivity contribution in [2.45, 2.75) is 52.3 Å². The Morgan fingerprint density at radius 1 is 0.766 bits per heavy atom. The predicted octanol–water partition coefficient (Wildman–Crippen LogP) is 6.09. The number of hydrogen-bond acceptors (Lipinski definition) is 5. The molecule has 0 spiro atoms. The van der Waals surface area contributed by atoms with Crippen LogP contribution in [-0.2, 0) is 37.1 Å². The maximum absolute atomic E-state index is 11.5. The lowest BCUT2D eigenvalue weighted by molar-refractivity contribution is -0.117. The molecule has 0 fully saturated rings. The first-order valence-corrected chi connectivity index (χ1v) is 15.7. The maximum Gasteiger partial charge on any atom is 0.223 e. The van der Waals surface area contributed by atoms with Crippen LogP contribution in [0.15, 0.2) is 122 Å². The largest absolute Gasteiger partial charge is 0.508 e. The van der Waals surface area contributed by atoms with Crippen molar-refractivity contribution in [2.75, 3.05) is 0 Å². The van der Waals surface area contributed by atoms with Gasteiger partial charge in [-0.1, -0.05) is 103 Å². The van der Waals surface area contributed by atoms with E-state index in [0.29, 0.717) is 19.4 Å². The number of rotatable bonds is 11. The molecule has 0 saturated carbocycles. The summed E-state index contributed by atoms with van der Waals surface area (Å²) < 4.78 is 4.06. The summed E-state index contributed by atoms with van der Waals surface area (Å²) in [5.41, 5.74) is 14.8. The van der Waals surface area contributed by atoms with Gasteiger partial charge < -0.3 is 25.1 Å². The van der Waals surface area contributed by atoms with E-state index < -0.39 is 6.10 Å². The van der Waals surface area contributed by atoms with Crippen molar-refractivity contribution < 1.29 is 15.0 Å². The van der Waals surface area contributed by atoms with Crippen LogP contribution >= 0.6 is 0 Å². The van der Waals surface area contributed by atoms with Gasteiger partial charge in [-0.2, -0.15) is 0 Å². The molecule has 1 unspecified atom stereocenters. The van der Waals surface area contributed by atoms with E-state index in [0.717, 1.165) is 46.0 Å². The fourth-order valence-electron chi connectivity index (χ4n) is 5.62. The van der Waals surface area contributed by atoms with E-state index in [-0.39, 0.29) is 18.1 Å². The third-order valence-electron chi connectivity index (χ3n) is 7.77. The lowest BCUT2D eigenvalue weighted by atomic mass is 10.1. The second kappa shape index (κ2) is 15.7. The summed E-state index contributed by atoms with van der Waals surface area (Å²) >= 11 is 0. The number of carbonyl (C=O) groups excluding carboxylic acids is 1. The minimum Gasteiger partial charge on any atom is -0.508 e. The Hall–Kier alpha value is -5.47. The van der Waals surface area contributed by atoms with Crippen LogP contribution in [0, 0.1) is 6.92 Å². The van der Waals surface area contributed by atoms with E-state index in [1.807, 2.05) is 72.4 Å². The summed E-state index contributed by atoms with van der Waals surface area (Å²) in [4.78, 5) is 20.6. The van der Waals surface area contributed by atoms with Crippen LogP contribution in [-0.4, -0.2) is 41.3 Å². The molecule has 0 saturated heterocycles. The number of phenols is 1. The van der Waals surface area contributed by atoms with Gasteiger partial charge in [0, 0.05) is 37.2 Å². The van der Waals surface area contributed by atoms with Crippen LogP contribution in [0.25, 0.3) is 11.3 Å². The van der Waals surface area contributed by atoms with Crippen molar-refractivity contribution in [2.24, 2.45) is 5.73 Å². The quantitative estimate of drug-likeness (QED) is 0.161. The third-order valence-corrected chi connectivity index (χ3v) is 7.77. The van der Waals surface area contributed by atoms with Gasteiger partial charge in [0.1, 0.15) is 5.75 Å². The smallest absolute Gasteiger partial charge is 0.223 e. The Morgan fingerprint density at radius 3 is 2.00 bits per heavy atom. The lowest BCUT2D eigenvalue weighted by Gasteiger charge is -2.12. The van der Waals surface area contributed by atoms with E-state index in [4.69, 9.17) is 5.73 Å². The number of aromatic hydroxyl groups is 1. The standard InChI is InChI=1S/C20H22N2O.C19H19N3O2/c1-15-7-6-8-17(11-15)13-22-14-21-20(19(22)12-16(2)23)18-9-4-3-5-10-18;20-19(24)11-18-17(10-14-5-2-1-3-6-14)21-13-22(18)12-15-7-4-8-16(23)9-15/h3-11,14,16,23H,12-13H2,1-2H3;1-9,13,23H,10-12H2,(H2,20,24). The highest BCUT2D eigenvalue weighted by Gasteiger charge is 2.16. The molecule has 6 aromatic rings. The topological polar surface area (TPSA) is 119 Å². The zero-order valence-corrected chi connectivity index (χ0v) is 26.8. The molecule has 1 amide bonds. The molecule has 4 aromatic carbocycles. The molecule has 0 aliphatic rings. The number of carbonyl (C=O) groups is 1. The molecule has 0 radical (unpaired) electrons. The number of aromatic nitrogens is 4.